The molecule has 0 bridgehead atoms. The molecule has 1 atom stereocenters. The predicted molar refractivity (Wildman–Crippen MR) is 46.2 cm³/mol. The van der Waals surface area contributed by atoms with Crippen LogP contribution in [-0.2, 0) is 11.0 Å². The van der Waals surface area contributed by atoms with Gasteiger partial charge in [0.2, 0.25) is 0 Å². The molecule has 17 heavy (non-hydrogen) atoms. The molecule has 0 saturated carbocycles. The highest BCUT2D eigenvalue weighted by Crippen LogP contribution is 2.30. The summed E-state index contributed by atoms with van der Waals surface area (Å²) in [6.45, 7) is 0. The third-order valence-corrected chi connectivity index (χ3v) is 1.99. The number of aliphatic carboxylic acids is 1. The molecule has 1 unspecified atom stereocenters. The van der Waals surface area contributed by atoms with E-state index in [4.69, 9.17) is 0 Å². The SMILES string of the molecule is O=C([O-])C(c1ccc(C(F)(F)F)cc1)[N+](=O)[O-]. The number of hydrogen-bond donors (Lipinski definition) is 0. The summed E-state index contributed by atoms with van der Waals surface area (Å²) in [5, 5.41) is 20.8. The molecule has 0 amide bonds. The van der Waals surface area contributed by atoms with E-state index in [1.54, 1.807) is 0 Å². The number of nitrogens with zero attached hydrogens (tertiary/aromatic N) is 1. The van der Waals surface area contributed by atoms with E-state index in [9.17, 15) is 33.2 Å². The number of carboxylic acids is 1. The zero-order valence-corrected chi connectivity index (χ0v) is 8.10. The Labute approximate surface area is 92.6 Å². The first kappa shape index (κ1) is 12.9. The van der Waals surface area contributed by atoms with E-state index in [-0.39, 0.29) is 5.56 Å². The highest BCUT2D eigenvalue weighted by Gasteiger charge is 2.31. The summed E-state index contributed by atoms with van der Waals surface area (Å²) >= 11 is 0. The van der Waals surface area contributed by atoms with Crippen LogP contribution < -0.4 is 5.11 Å². The lowest BCUT2D eigenvalue weighted by molar-refractivity contribution is -0.529. The molecule has 1 aromatic carbocycles. The van der Waals surface area contributed by atoms with Gasteiger partial charge in [0, 0.05) is 10.5 Å². The van der Waals surface area contributed by atoms with E-state index in [0.717, 1.165) is 12.1 Å². The van der Waals surface area contributed by atoms with Crippen LogP contribution in [0.1, 0.15) is 17.2 Å². The van der Waals surface area contributed by atoms with Crippen LogP contribution in [-0.4, -0.2) is 10.9 Å². The smallest absolute Gasteiger partial charge is 0.416 e. The van der Waals surface area contributed by atoms with Crippen LogP contribution in [0.4, 0.5) is 13.2 Å². The first-order chi connectivity index (χ1) is 7.73. The maximum absolute atomic E-state index is 12.2. The molecular formula is C9H5F3NO4-. The van der Waals surface area contributed by atoms with Crippen molar-refractivity contribution in [3.8, 4) is 0 Å². The van der Waals surface area contributed by atoms with Gasteiger partial charge in [-0.15, -0.1) is 0 Å². The molecule has 0 aliphatic carbocycles. The van der Waals surface area contributed by atoms with Crippen molar-refractivity contribution in [2.75, 3.05) is 0 Å². The Kier molecular flexibility index (Phi) is 3.35. The molecule has 0 heterocycles. The highest BCUT2D eigenvalue weighted by molar-refractivity contribution is 5.71. The maximum Gasteiger partial charge on any atom is 0.416 e. The van der Waals surface area contributed by atoms with Gasteiger partial charge < -0.3 is 9.90 Å². The standard InChI is InChI=1S/C9H6F3NO4/c10-9(11,12)6-3-1-5(2-4-6)7(8(14)15)13(16)17/h1-4,7H,(H,14,15)/p-1. The number of benzene rings is 1. The molecule has 5 nitrogen and oxygen atoms in total. The number of halogens is 3. The molecular weight excluding hydrogens is 243 g/mol. The summed E-state index contributed by atoms with van der Waals surface area (Å²) in [5.41, 5.74) is -1.38. The first-order valence-electron chi connectivity index (χ1n) is 4.25. The predicted octanol–water partition coefficient (Wildman–Crippen LogP) is 0.773. The van der Waals surface area contributed by atoms with Crippen LogP contribution in [0.2, 0.25) is 0 Å². The zero-order valence-electron chi connectivity index (χ0n) is 8.10. The molecule has 0 N–H and O–H groups in total. The number of carboxylic acid groups (broad SMARTS) is 1. The minimum absolute atomic E-state index is 0.372. The fourth-order valence-electron chi connectivity index (χ4n) is 1.20. The zero-order chi connectivity index (χ0) is 13.2. The molecule has 0 aromatic heterocycles. The topological polar surface area (TPSA) is 83.3 Å². The Bertz CT molecular complexity index is 427. The summed E-state index contributed by atoms with van der Waals surface area (Å²) in [6.07, 6.45) is -4.58. The van der Waals surface area contributed by atoms with E-state index in [1.165, 1.54) is 0 Å². The molecule has 8 heteroatoms. The van der Waals surface area contributed by atoms with Crippen LogP contribution >= 0.6 is 0 Å². The average Bonchev–Trinajstić information content (AvgIpc) is 2.15. The monoisotopic (exact) mass is 248 g/mol. The highest BCUT2D eigenvalue weighted by atomic mass is 19.4. The summed E-state index contributed by atoms with van der Waals surface area (Å²) < 4.78 is 36.5. The van der Waals surface area contributed by atoms with Crippen molar-refractivity contribution >= 4 is 5.97 Å². The van der Waals surface area contributed by atoms with Crippen molar-refractivity contribution in [2.45, 2.75) is 12.2 Å². The van der Waals surface area contributed by atoms with Gasteiger partial charge in [0.05, 0.1) is 5.56 Å². The van der Waals surface area contributed by atoms with Crippen LogP contribution in [0.15, 0.2) is 24.3 Å². The van der Waals surface area contributed by atoms with Gasteiger partial charge in [-0.05, 0) is 12.1 Å². The van der Waals surface area contributed by atoms with Crippen molar-refractivity contribution in [3.05, 3.63) is 45.5 Å². The lowest BCUT2D eigenvalue weighted by atomic mass is 10.1. The molecule has 0 fully saturated rings. The van der Waals surface area contributed by atoms with Crippen molar-refractivity contribution in [3.63, 3.8) is 0 Å². The Morgan fingerprint density at radius 1 is 1.24 bits per heavy atom. The van der Waals surface area contributed by atoms with Crippen LogP contribution in [0.3, 0.4) is 0 Å². The summed E-state index contributed by atoms with van der Waals surface area (Å²) in [4.78, 5) is 19.7. The van der Waals surface area contributed by atoms with E-state index >= 15 is 0 Å². The summed E-state index contributed by atoms with van der Waals surface area (Å²) in [6, 6.07) is 0.471. The van der Waals surface area contributed by atoms with Crippen molar-refractivity contribution in [1.82, 2.24) is 0 Å². The molecule has 1 aromatic rings. The molecule has 0 radical (unpaired) electrons. The molecule has 0 saturated heterocycles. The van der Waals surface area contributed by atoms with Gasteiger partial charge in [-0.2, -0.15) is 13.2 Å². The Morgan fingerprint density at radius 3 is 2.00 bits per heavy atom. The normalized spacial score (nSPS) is 13.1. The fourth-order valence-corrected chi connectivity index (χ4v) is 1.20. The minimum atomic E-state index is -4.58. The Morgan fingerprint density at radius 2 is 1.71 bits per heavy atom. The summed E-state index contributed by atoms with van der Waals surface area (Å²) in [5.74, 6) is -1.98. The van der Waals surface area contributed by atoms with E-state index in [0.29, 0.717) is 12.1 Å². The third-order valence-electron chi connectivity index (χ3n) is 1.99. The van der Waals surface area contributed by atoms with Crippen molar-refractivity contribution in [1.29, 1.82) is 0 Å². The first-order valence-corrected chi connectivity index (χ1v) is 4.25. The van der Waals surface area contributed by atoms with E-state index < -0.39 is 28.7 Å². The number of carbonyl (C=O) groups is 1. The van der Waals surface area contributed by atoms with Crippen LogP contribution in [0, 0.1) is 10.1 Å². The second-order valence-electron chi connectivity index (χ2n) is 3.13. The second-order valence-corrected chi connectivity index (χ2v) is 3.13. The third kappa shape index (κ3) is 2.92. The average molecular weight is 248 g/mol. The van der Waals surface area contributed by atoms with Gasteiger partial charge in [0.1, 0.15) is 5.97 Å². The number of nitro groups is 1. The molecule has 1 rings (SSSR count). The number of alkyl halides is 3. The summed E-state index contributed by atoms with van der Waals surface area (Å²) in [7, 11) is 0. The molecule has 0 aliphatic rings. The molecule has 0 aliphatic heterocycles. The number of carbonyl (C=O) groups excluding carboxylic acids is 1. The van der Waals surface area contributed by atoms with Crippen LogP contribution in [0.25, 0.3) is 0 Å². The maximum atomic E-state index is 12.2. The van der Waals surface area contributed by atoms with Crippen molar-refractivity contribution in [2.24, 2.45) is 0 Å². The quantitative estimate of drug-likeness (QED) is 0.584. The largest absolute Gasteiger partial charge is 0.543 e. The molecule has 0 spiro atoms. The Balaban J connectivity index is 3.09. The van der Waals surface area contributed by atoms with Crippen LogP contribution in [0.5, 0.6) is 0 Å². The van der Waals surface area contributed by atoms with E-state index in [2.05, 4.69) is 0 Å². The Hall–Kier alpha value is -2.12. The van der Waals surface area contributed by atoms with Gasteiger partial charge in [0.15, 0.2) is 0 Å². The van der Waals surface area contributed by atoms with Gasteiger partial charge in [0.25, 0.3) is 6.04 Å². The second kappa shape index (κ2) is 4.40. The number of rotatable bonds is 3. The number of hydrogen-bond acceptors (Lipinski definition) is 4. The van der Waals surface area contributed by atoms with Gasteiger partial charge >= 0.3 is 6.18 Å². The van der Waals surface area contributed by atoms with Gasteiger partial charge in [-0.1, -0.05) is 12.1 Å². The van der Waals surface area contributed by atoms with Gasteiger partial charge in [-0.3, -0.25) is 10.1 Å². The minimum Gasteiger partial charge on any atom is -0.543 e. The lowest BCUT2D eigenvalue weighted by Crippen LogP contribution is -2.34. The lowest BCUT2D eigenvalue weighted by Gasteiger charge is -2.11. The van der Waals surface area contributed by atoms with Crippen molar-refractivity contribution < 1.29 is 28.0 Å². The molecule has 92 valence electrons. The van der Waals surface area contributed by atoms with E-state index in [1.807, 2.05) is 0 Å². The van der Waals surface area contributed by atoms with Gasteiger partial charge in [-0.25, -0.2) is 0 Å². The fraction of sp³-hybridized carbons (Fsp3) is 0.222.